The first-order valence-corrected chi connectivity index (χ1v) is 8.60. The number of aromatic nitrogens is 3. The molecule has 0 fully saturated rings. The second-order valence-corrected chi connectivity index (χ2v) is 7.55. The van der Waals surface area contributed by atoms with E-state index >= 15 is 0 Å². The molecule has 3 N–H and O–H groups in total. The van der Waals surface area contributed by atoms with Gasteiger partial charge >= 0.3 is 5.69 Å². The minimum Gasteiger partial charge on any atom is -0.344 e. The van der Waals surface area contributed by atoms with Gasteiger partial charge in [-0.05, 0) is 37.8 Å². The minimum absolute atomic E-state index is 0. The number of nitrogens with two attached hydrogens (primary N) is 1. The number of carbonyl (C=O) groups excluding carboxylic acids is 1. The number of amides is 1. The first-order valence-electron chi connectivity index (χ1n) is 8.60. The molecule has 0 aliphatic carbocycles. The highest BCUT2D eigenvalue weighted by Gasteiger charge is 2.27. The summed E-state index contributed by atoms with van der Waals surface area (Å²) >= 11 is 0. The predicted molar refractivity (Wildman–Crippen MR) is 116 cm³/mol. The van der Waals surface area contributed by atoms with E-state index in [-0.39, 0.29) is 42.1 Å². The van der Waals surface area contributed by atoms with Crippen molar-refractivity contribution in [2.45, 2.75) is 39.7 Å². The molecule has 2 rings (SSSR count). The summed E-state index contributed by atoms with van der Waals surface area (Å²) in [6.45, 7) is 8.03. The molecule has 0 aromatic carbocycles. The van der Waals surface area contributed by atoms with Crippen molar-refractivity contribution in [1.82, 2.24) is 19.4 Å². The number of fused-ring (bicyclic) bond motifs is 1. The van der Waals surface area contributed by atoms with Gasteiger partial charge in [-0.25, -0.2) is 9.78 Å². The molecular formula is C18H29Cl2N5O3. The topological polar surface area (TPSA) is 112 Å². The molecule has 10 heteroatoms. The predicted octanol–water partition coefficient (Wildman–Crippen LogP) is 1.28. The average Bonchev–Trinajstić information content (AvgIpc) is 2.56. The Balaban J connectivity index is 0.00000364. The molecule has 2 aromatic heterocycles. The van der Waals surface area contributed by atoms with Crippen LogP contribution in [0.1, 0.15) is 43.2 Å². The second-order valence-electron chi connectivity index (χ2n) is 7.55. The molecule has 0 saturated heterocycles. The number of nitrogens with one attached hydrogen (secondary N) is 1. The summed E-state index contributed by atoms with van der Waals surface area (Å²) in [6.07, 6.45) is 0.723. The zero-order valence-corrected chi connectivity index (χ0v) is 18.7. The molecule has 158 valence electrons. The van der Waals surface area contributed by atoms with Gasteiger partial charge in [0.05, 0.1) is 10.9 Å². The van der Waals surface area contributed by atoms with Crippen LogP contribution in [0.15, 0.2) is 15.7 Å². The van der Waals surface area contributed by atoms with Crippen LogP contribution in [-0.4, -0.2) is 32.1 Å². The number of nitrogens with zero attached hydrogens (tertiary/aromatic N) is 3. The lowest BCUT2D eigenvalue weighted by Gasteiger charge is -2.31. The molecule has 0 bridgehead atoms. The number of halogens is 2. The van der Waals surface area contributed by atoms with Crippen LogP contribution in [-0.2, 0) is 14.1 Å². The molecule has 28 heavy (non-hydrogen) atoms. The first kappa shape index (κ1) is 26.1. The number of pyridine rings is 1. The lowest BCUT2D eigenvalue weighted by atomic mass is 9.90. The quantitative estimate of drug-likeness (QED) is 0.736. The number of rotatable bonds is 5. The maximum Gasteiger partial charge on any atom is 0.332 e. The van der Waals surface area contributed by atoms with Crippen LogP contribution in [0.5, 0.6) is 0 Å². The van der Waals surface area contributed by atoms with Gasteiger partial charge in [-0.2, -0.15) is 0 Å². The van der Waals surface area contributed by atoms with Crippen LogP contribution >= 0.6 is 24.8 Å². The molecule has 1 atom stereocenters. The van der Waals surface area contributed by atoms with E-state index in [0.29, 0.717) is 23.4 Å². The van der Waals surface area contributed by atoms with E-state index in [9.17, 15) is 14.4 Å². The van der Waals surface area contributed by atoms with Crippen LogP contribution < -0.4 is 22.3 Å². The molecule has 8 nitrogen and oxygen atoms in total. The van der Waals surface area contributed by atoms with E-state index in [2.05, 4.69) is 24.1 Å². The molecule has 0 aliphatic rings. The van der Waals surface area contributed by atoms with Crippen molar-refractivity contribution >= 4 is 41.8 Å². The lowest BCUT2D eigenvalue weighted by molar-refractivity contribution is 0.0893. The molecule has 0 saturated carbocycles. The van der Waals surface area contributed by atoms with Crippen molar-refractivity contribution in [1.29, 1.82) is 0 Å². The summed E-state index contributed by atoms with van der Waals surface area (Å²) in [5.41, 5.74) is 5.33. The standard InChI is InChI=1S/C18H27N5O3.2ClH/c1-10(2)8-18(4,9-19)21-15(24)12-7-11(3)13-14(20-12)22(5)17(26)23(6)16(13)25;;/h7,10H,8-9,19H2,1-6H3,(H,21,24);2*1H. The summed E-state index contributed by atoms with van der Waals surface area (Å²) < 4.78 is 2.31. The Bertz CT molecular complexity index is 984. The van der Waals surface area contributed by atoms with E-state index in [1.54, 1.807) is 13.0 Å². The Morgan fingerprint density at radius 1 is 1.25 bits per heavy atom. The van der Waals surface area contributed by atoms with E-state index in [0.717, 1.165) is 11.0 Å². The maximum atomic E-state index is 12.7. The summed E-state index contributed by atoms with van der Waals surface area (Å²) in [7, 11) is 2.95. The van der Waals surface area contributed by atoms with Crippen LogP contribution in [0.25, 0.3) is 11.0 Å². The molecule has 0 aliphatic heterocycles. The maximum absolute atomic E-state index is 12.7. The average molecular weight is 434 g/mol. The molecular weight excluding hydrogens is 405 g/mol. The third-order valence-electron chi connectivity index (χ3n) is 4.56. The first-order chi connectivity index (χ1) is 12.0. The molecule has 1 unspecified atom stereocenters. The smallest absolute Gasteiger partial charge is 0.332 e. The molecule has 2 heterocycles. The number of hydrogen-bond donors (Lipinski definition) is 2. The van der Waals surface area contributed by atoms with Gasteiger partial charge in [-0.3, -0.25) is 18.7 Å². The fraction of sp³-hybridized carbons (Fsp3) is 0.556. The van der Waals surface area contributed by atoms with Crippen molar-refractivity contribution in [3.8, 4) is 0 Å². The van der Waals surface area contributed by atoms with Crippen molar-refractivity contribution in [2.75, 3.05) is 6.54 Å². The Labute approximate surface area is 176 Å². The summed E-state index contributed by atoms with van der Waals surface area (Å²) in [4.78, 5) is 41.6. The number of hydrogen-bond acceptors (Lipinski definition) is 5. The third-order valence-corrected chi connectivity index (χ3v) is 4.56. The van der Waals surface area contributed by atoms with Gasteiger partial charge in [-0.15, -0.1) is 24.8 Å². The van der Waals surface area contributed by atoms with E-state index in [1.165, 1.54) is 18.7 Å². The third kappa shape index (κ3) is 4.92. The van der Waals surface area contributed by atoms with Crippen LogP contribution in [0.2, 0.25) is 0 Å². The minimum atomic E-state index is -0.561. The normalized spacial score (nSPS) is 12.9. The fourth-order valence-electron chi connectivity index (χ4n) is 3.27. The van der Waals surface area contributed by atoms with Gasteiger partial charge in [0.2, 0.25) is 0 Å². The van der Waals surface area contributed by atoms with Gasteiger partial charge in [0.25, 0.3) is 11.5 Å². The van der Waals surface area contributed by atoms with E-state index in [1.807, 2.05) is 6.92 Å². The Morgan fingerprint density at radius 3 is 2.32 bits per heavy atom. The second kappa shape index (κ2) is 9.54. The molecule has 1 amide bonds. The molecule has 0 radical (unpaired) electrons. The zero-order chi connectivity index (χ0) is 19.8. The molecule has 0 spiro atoms. The van der Waals surface area contributed by atoms with Crippen molar-refractivity contribution in [3.63, 3.8) is 0 Å². The number of aryl methyl sites for hydroxylation is 2. The van der Waals surface area contributed by atoms with Gasteiger partial charge in [0.15, 0.2) is 0 Å². The summed E-state index contributed by atoms with van der Waals surface area (Å²) in [5, 5.41) is 3.27. The van der Waals surface area contributed by atoms with Crippen molar-refractivity contribution < 1.29 is 4.79 Å². The van der Waals surface area contributed by atoms with Gasteiger partial charge < -0.3 is 11.1 Å². The summed E-state index contributed by atoms with van der Waals surface area (Å²) in [6, 6.07) is 1.57. The van der Waals surface area contributed by atoms with Crippen molar-refractivity contribution in [3.05, 3.63) is 38.2 Å². The van der Waals surface area contributed by atoms with Gasteiger partial charge in [0.1, 0.15) is 11.3 Å². The SMILES string of the molecule is Cc1cc(C(=O)NC(C)(CN)CC(C)C)nc2c1c(=O)n(C)c(=O)n2C.Cl.Cl. The highest BCUT2D eigenvalue weighted by atomic mass is 35.5. The van der Waals surface area contributed by atoms with E-state index < -0.39 is 16.8 Å². The van der Waals surface area contributed by atoms with Crippen LogP contribution in [0.4, 0.5) is 0 Å². The monoisotopic (exact) mass is 433 g/mol. The van der Waals surface area contributed by atoms with Crippen molar-refractivity contribution in [2.24, 2.45) is 25.7 Å². The van der Waals surface area contributed by atoms with Gasteiger partial charge in [-0.1, -0.05) is 13.8 Å². The highest BCUT2D eigenvalue weighted by Crippen LogP contribution is 2.17. The zero-order valence-electron chi connectivity index (χ0n) is 17.0. The van der Waals surface area contributed by atoms with Crippen LogP contribution in [0.3, 0.4) is 0 Å². The van der Waals surface area contributed by atoms with E-state index in [4.69, 9.17) is 5.73 Å². The highest BCUT2D eigenvalue weighted by molar-refractivity contribution is 5.95. The summed E-state index contributed by atoms with van der Waals surface area (Å²) in [5.74, 6) is -0.0179. The van der Waals surface area contributed by atoms with Gasteiger partial charge in [0, 0.05) is 20.6 Å². The Kier molecular flexibility index (Phi) is 8.89. The largest absolute Gasteiger partial charge is 0.344 e. The fourth-order valence-corrected chi connectivity index (χ4v) is 3.27. The molecule has 2 aromatic rings. The number of carbonyl (C=O) groups is 1. The Hall–Kier alpha value is -1.90. The van der Waals surface area contributed by atoms with Crippen LogP contribution in [0, 0.1) is 12.8 Å². The lowest BCUT2D eigenvalue weighted by Crippen LogP contribution is -2.52. The Morgan fingerprint density at radius 2 is 1.82 bits per heavy atom.